The quantitative estimate of drug-likeness (QED) is 0.681. The number of nitrogens with two attached hydrogens (primary N) is 1. The van der Waals surface area contributed by atoms with E-state index in [9.17, 15) is 9.18 Å². The van der Waals surface area contributed by atoms with Gasteiger partial charge in [-0.2, -0.15) is 5.26 Å². The van der Waals surface area contributed by atoms with Gasteiger partial charge in [0, 0.05) is 15.7 Å². The molecule has 21 heavy (non-hydrogen) atoms. The van der Waals surface area contributed by atoms with Gasteiger partial charge in [-0.05, 0) is 52.3 Å². The summed E-state index contributed by atoms with van der Waals surface area (Å²) >= 11 is 3.22. The number of esters is 1. The maximum Gasteiger partial charge on any atom is 0.338 e. The minimum Gasteiger partial charge on any atom is -0.457 e. The van der Waals surface area contributed by atoms with E-state index in [2.05, 4.69) is 15.9 Å². The van der Waals surface area contributed by atoms with Crippen LogP contribution < -0.4 is 5.73 Å². The lowest BCUT2D eigenvalue weighted by molar-refractivity contribution is 0.0469. The van der Waals surface area contributed by atoms with E-state index in [4.69, 9.17) is 15.7 Å². The zero-order valence-corrected chi connectivity index (χ0v) is 12.4. The summed E-state index contributed by atoms with van der Waals surface area (Å²) in [6.45, 7) is -0.254. The summed E-state index contributed by atoms with van der Waals surface area (Å²) in [5.41, 5.74) is 6.80. The van der Waals surface area contributed by atoms with Crippen LogP contribution in [0.1, 0.15) is 21.5 Å². The smallest absolute Gasteiger partial charge is 0.338 e. The van der Waals surface area contributed by atoms with E-state index in [1.165, 1.54) is 24.3 Å². The molecule has 0 heterocycles. The number of nitrogen functional groups attached to an aromatic ring is 1. The Hall–Kier alpha value is -2.39. The van der Waals surface area contributed by atoms with Gasteiger partial charge in [-0.15, -0.1) is 0 Å². The highest BCUT2D eigenvalue weighted by atomic mass is 79.9. The van der Waals surface area contributed by atoms with E-state index in [0.717, 1.165) is 0 Å². The second-order valence-electron chi connectivity index (χ2n) is 4.23. The first-order valence-electron chi connectivity index (χ1n) is 5.92. The van der Waals surface area contributed by atoms with Crippen LogP contribution in [-0.2, 0) is 11.3 Å². The minimum atomic E-state index is -0.615. The van der Waals surface area contributed by atoms with Crippen molar-refractivity contribution in [3.05, 3.63) is 63.4 Å². The first-order valence-corrected chi connectivity index (χ1v) is 6.71. The number of nitrogens with zero attached hydrogens (tertiary/aromatic N) is 1. The summed E-state index contributed by atoms with van der Waals surface area (Å²) in [5, 5.41) is 8.77. The lowest BCUT2D eigenvalue weighted by atomic mass is 10.1. The molecule has 2 rings (SSSR count). The van der Waals surface area contributed by atoms with Crippen LogP contribution in [0.3, 0.4) is 0 Å². The number of anilines is 1. The molecule has 0 spiro atoms. The third kappa shape index (κ3) is 3.58. The number of halogens is 2. The molecule has 0 atom stereocenters. The molecule has 4 nitrogen and oxygen atoms in total. The maximum absolute atomic E-state index is 13.5. The molecule has 106 valence electrons. The molecule has 0 saturated carbocycles. The first-order chi connectivity index (χ1) is 10.0. The van der Waals surface area contributed by atoms with Crippen molar-refractivity contribution in [3.63, 3.8) is 0 Å². The lowest BCUT2D eigenvalue weighted by Gasteiger charge is -2.07. The van der Waals surface area contributed by atoms with Crippen molar-refractivity contribution in [2.45, 2.75) is 6.61 Å². The van der Waals surface area contributed by atoms with Crippen LogP contribution in [0.5, 0.6) is 0 Å². The molecule has 6 heteroatoms. The zero-order chi connectivity index (χ0) is 15.4. The summed E-state index contributed by atoms with van der Waals surface area (Å²) < 4.78 is 19.3. The third-order valence-corrected chi connectivity index (χ3v) is 3.49. The van der Waals surface area contributed by atoms with Gasteiger partial charge >= 0.3 is 5.97 Å². The Morgan fingerprint density at radius 2 is 2.10 bits per heavy atom. The molecule has 0 aliphatic rings. The van der Waals surface area contributed by atoms with Crippen molar-refractivity contribution >= 4 is 27.6 Å². The van der Waals surface area contributed by atoms with Crippen LogP contribution in [0, 0.1) is 17.1 Å². The summed E-state index contributed by atoms with van der Waals surface area (Å²) in [6, 6.07) is 10.4. The summed E-state index contributed by atoms with van der Waals surface area (Å²) in [5.74, 6) is -1.15. The van der Waals surface area contributed by atoms with E-state index >= 15 is 0 Å². The Balaban J connectivity index is 2.11. The Bertz CT molecular complexity index is 741. The van der Waals surface area contributed by atoms with E-state index < -0.39 is 11.8 Å². The molecule has 0 saturated heterocycles. The molecule has 2 aromatic rings. The average molecular weight is 349 g/mol. The standard InChI is InChI=1S/C15H10BrFN2O2/c16-12-3-2-10(6-14(12)19)15(20)21-8-11-5-9(7-18)1-4-13(11)17/h1-6H,8,19H2. The van der Waals surface area contributed by atoms with Gasteiger partial charge < -0.3 is 10.5 Å². The topological polar surface area (TPSA) is 76.1 Å². The third-order valence-electron chi connectivity index (χ3n) is 2.77. The predicted octanol–water partition coefficient (Wildman–Crippen LogP) is 3.40. The fourth-order valence-corrected chi connectivity index (χ4v) is 1.90. The fraction of sp³-hybridized carbons (Fsp3) is 0.0667. The number of benzene rings is 2. The van der Waals surface area contributed by atoms with Crippen molar-refractivity contribution in [3.8, 4) is 6.07 Å². The normalized spacial score (nSPS) is 9.95. The second kappa shape index (κ2) is 6.37. The van der Waals surface area contributed by atoms with E-state index in [1.807, 2.05) is 6.07 Å². The van der Waals surface area contributed by atoms with Crippen LogP contribution in [0.4, 0.5) is 10.1 Å². The van der Waals surface area contributed by atoms with Gasteiger partial charge in [0.05, 0.1) is 17.2 Å². The fourth-order valence-electron chi connectivity index (χ4n) is 1.65. The minimum absolute atomic E-state index is 0.146. The molecule has 0 aromatic heterocycles. The van der Waals surface area contributed by atoms with Gasteiger partial charge in [0.2, 0.25) is 0 Å². The van der Waals surface area contributed by atoms with Crippen LogP contribution in [0.2, 0.25) is 0 Å². The number of ether oxygens (including phenoxy) is 1. The van der Waals surface area contributed by atoms with E-state index in [-0.39, 0.29) is 17.7 Å². The average Bonchev–Trinajstić information content (AvgIpc) is 2.49. The lowest BCUT2D eigenvalue weighted by Crippen LogP contribution is -2.07. The SMILES string of the molecule is N#Cc1ccc(F)c(COC(=O)c2ccc(Br)c(N)c2)c1. The van der Waals surface area contributed by atoms with Crippen molar-refractivity contribution in [2.75, 3.05) is 5.73 Å². The van der Waals surface area contributed by atoms with Crippen LogP contribution in [-0.4, -0.2) is 5.97 Å². The second-order valence-corrected chi connectivity index (χ2v) is 5.08. The molecule has 0 radical (unpaired) electrons. The molecular weight excluding hydrogens is 339 g/mol. The number of carbonyl (C=O) groups excluding carboxylic acids is 1. The largest absolute Gasteiger partial charge is 0.457 e. The molecule has 0 aliphatic carbocycles. The number of hydrogen-bond donors (Lipinski definition) is 1. The predicted molar refractivity (Wildman–Crippen MR) is 78.8 cm³/mol. The van der Waals surface area contributed by atoms with E-state index in [0.29, 0.717) is 15.7 Å². The van der Waals surface area contributed by atoms with Gasteiger partial charge in [0.25, 0.3) is 0 Å². The van der Waals surface area contributed by atoms with Crippen LogP contribution in [0.15, 0.2) is 40.9 Å². The molecule has 0 aliphatic heterocycles. The van der Waals surface area contributed by atoms with Crippen molar-refractivity contribution < 1.29 is 13.9 Å². The summed E-state index contributed by atoms with van der Waals surface area (Å²) in [4.78, 5) is 11.9. The number of hydrogen-bond acceptors (Lipinski definition) is 4. The summed E-state index contributed by atoms with van der Waals surface area (Å²) in [6.07, 6.45) is 0. The summed E-state index contributed by atoms with van der Waals surface area (Å²) in [7, 11) is 0. The molecular formula is C15H10BrFN2O2. The van der Waals surface area contributed by atoms with Gasteiger partial charge in [0.15, 0.2) is 0 Å². The molecule has 0 unspecified atom stereocenters. The van der Waals surface area contributed by atoms with Gasteiger partial charge in [0.1, 0.15) is 12.4 Å². The van der Waals surface area contributed by atoms with Crippen LogP contribution >= 0.6 is 15.9 Å². The monoisotopic (exact) mass is 348 g/mol. The van der Waals surface area contributed by atoms with E-state index in [1.54, 1.807) is 12.1 Å². The number of rotatable bonds is 3. The highest BCUT2D eigenvalue weighted by molar-refractivity contribution is 9.10. The van der Waals surface area contributed by atoms with Gasteiger partial charge in [-0.25, -0.2) is 9.18 Å². The molecule has 0 amide bonds. The Morgan fingerprint density at radius 1 is 1.33 bits per heavy atom. The molecule has 2 N–H and O–H groups in total. The number of nitriles is 1. The molecule has 0 bridgehead atoms. The Kier molecular flexibility index (Phi) is 4.55. The highest BCUT2D eigenvalue weighted by Crippen LogP contribution is 2.21. The van der Waals surface area contributed by atoms with Gasteiger partial charge in [-0.1, -0.05) is 0 Å². The van der Waals surface area contributed by atoms with Gasteiger partial charge in [-0.3, -0.25) is 0 Å². The Morgan fingerprint density at radius 3 is 2.76 bits per heavy atom. The van der Waals surface area contributed by atoms with Crippen molar-refractivity contribution in [1.82, 2.24) is 0 Å². The molecule has 0 fully saturated rings. The number of carbonyl (C=O) groups is 1. The zero-order valence-electron chi connectivity index (χ0n) is 10.8. The molecule has 2 aromatic carbocycles. The Labute approximate surface area is 129 Å². The highest BCUT2D eigenvalue weighted by Gasteiger charge is 2.11. The first kappa shape index (κ1) is 15.0. The maximum atomic E-state index is 13.5. The van der Waals surface area contributed by atoms with Crippen LogP contribution in [0.25, 0.3) is 0 Å². The van der Waals surface area contributed by atoms with Crippen molar-refractivity contribution in [1.29, 1.82) is 5.26 Å². The van der Waals surface area contributed by atoms with Crippen molar-refractivity contribution in [2.24, 2.45) is 0 Å².